The van der Waals surface area contributed by atoms with E-state index in [1.165, 1.54) is 6.20 Å². The molecular formula is C15H16N4O. The smallest absolute Gasteiger partial charge is 0.270 e. The van der Waals surface area contributed by atoms with Gasteiger partial charge in [-0.05, 0) is 37.6 Å². The number of carbonyl (C=O) groups is 1. The van der Waals surface area contributed by atoms with E-state index < -0.39 is 0 Å². The lowest BCUT2D eigenvalue weighted by molar-refractivity contribution is 0.0778. The van der Waals surface area contributed by atoms with Crippen LogP contribution in [0.3, 0.4) is 0 Å². The number of aromatic amines is 1. The molecular weight excluding hydrogens is 252 g/mol. The van der Waals surface area contributed by atoms with Crippen LogP contribution >= 0.6 is 0 Å². The second-order valence-electron chi connectivity index (χ2n) is 4.85. The van der Waals surface area contributed by atoms with Crippen molar-refractivity contribution in [3.8, 4) is 6.07 Å². The number of hydrogen-bond donors (Lipinski definition) is 1. The van der Waals surface area contributed by atoms with E-state index in [0.717, 1.165) is 17.0 Å². The van der Waals surface area contributed by atoms with Gasteiger partial charge in [0.2, 0.25) is 0 Å². The van der Waals surface area contributed by atoms with E-state index in [1.807, 2.05) is 32.0 Å². The normalized spacial score (nSPS) is 10.1. The Bertz CT molecular complexity index is 661. The Morgan fingerprint density at radius 1 is 1.40 bits per heavy atom. The molecule has 0 bridgehead atoms. The minimum Gasteiger partial charge on any atom is -0.356 e. The van der Waals surface area contributed by atoms with Crippen molar-refractivity contribution in [2.24, 2.45) is 0 Å². The molecule has 2 aromatic rings. The van der Waals surface area contributed by atoms with Crippen molar-refractivity contribution in [3.63, 3.8) is 0 Å². The van der Waals surface area contributed by atoms with Crippen LogP contribution in [0.1, 0.15) is 33.0 Å². The number of pyridine rings is 1. The number of aryl methyl sites for hydroxylation is 2. The standard InChI is InChI=1S/C15H16N4O/c1-10-4-11(2)18-13(5-10)9-19(3)15(20)14-6-12(7-16)8-17-14/h4-6,8,17H,9H2,1-3H3. The van der Waals surface area contributed by atoms with Gasteiger partial charge in [0.25, 0.3) is 5.91 Å². The first-order valence-corrected chi connectivity index (χ1v) is 6.27. The number of H-pyrrole nitrogens is 1. The van der Waals surface area contributed by atoms with E-state index in [9.17, 15) is 4.79 Å². The van der Waals surface area contributed by atoms with Gasteiger partial charge >= 0.3 is 0 Å². The Labute approximate surface area is 117 Å². The third kappa shape index (κ3) is 3.04. The van der Waals surface area contributed by atoms with Crippen LogP contribution in [-0.4, -0.2) is 27.8 Å². The lowest BCUT2D eigenvalue weighted by Crippen LogP contribution is -2.27. The zero-order chi connectivity index (χ0) is 14.7. The number of aromatic nitrogens is 2. The van der Waals surface area contributed by atoms with Gasteiger partial charge in [0, 0.05) is 18.9 Å². The molecule has 0 saturated carbocycles. The predicted molar refractivity (Wildman–Crippen MR) is 75.0 cm³/mol. The summed E-state index contributed by atoms with van der Waals surface area (Å²) in [5, 5.41) is 8.76. The quantitative estimate of drug-likeness (QED) is 0.927. The SMILES string of the molecule is Cc1cc(C)nc(CN(C)C(=O)c2cc(C#N)c[nH]2)c1. The average molecular weight is 268 g/mol. The number of nitrogens with zero attached hydrogens (tertiary/aromatic N) is 3. The summed E-state index contributed by atoms with van der Waals surface area (Å²) in [6.45, 7) is 4.37. The van der Waals surface area contributed by atoms with E-state index in [0.29, 0.717) is 17.8 Å². The molecule has 5 nitrogen and oxygen atoms in total. The van der Waals surface area contributed by atoms with Crippen LogP contribution in [0, 0.1) is 25.2 Å². The third-order valence-electron chi connectivity index (χ3n) is 2.94. The molecule has 0 aliphatic heterocycles. The number of nitriles is 1. The van der Waals surface area contributed by atoms with Gasteiger partial charge in [-0.25, -0.2) is 0 Å². The van der Waals surface area contributed by atoms with Crippen molar-refractivity contribution in [2.45, 2.75) is 20.4 Å². The van der Waals surface area contributed by atoms with Crippen LogP contribution in [-0.2, 0) is 6.54 Å². The Morgan fingerprint density at radius 3 is 2.75 bits per heavy atom. The Morgan fingerprint density at radius 2 is 2.15 bits per heavy atom. The summed E-state index contributed by atoms with van der Waals surface area (Å²) in [6, 6.07) is 7.50. The number of nitrogens with one attached hydrogen (secondary N) is 1. The average Bonchev–Trinajstić information content (AvgIpc) is 2.85. The number of amides is 1. The monoisotopic (exact) mass is 268 g/mol. The van der Waals surface area contributed by atoms with Gasteiger partial charge in [-0.1, -0.05) is 0 Å². The molecule has 1 amide bonds. The van der Waals surface area contributed by atoms with Crippen molar-refractivity contribution in [1.82, 2.24) is 14.9 Å². The van der Waals surface area contributed by atoms with Gasteiger partial charge in [0.05, 0.1) is 17.8 Å². The molecule has 0 aliphatic carbocycles. The summed E-state index contributed by atoms with van der Waals surface area (Å²) in [7, 11) is 1.72. The highest BCUT2D eigenvalue weighted by Crippen LogP contribution is 2.10. The van der Waals surface area contributed by atoms with Gasteiger partial charge in [0.15, 0.2) is 0 Å². The van der Waals surface area contributed by atoms with E-state index in [4.69, 9.17) is 5.26 Å². The maximum absolute atomic E-state index is 12.2. The summed E-state index contributed by atoms with van der Waals surface area (Å²) >= 11 is 0. The topological polar surface area (TPSA) is 72.8 Å². The lowest BCUT2D eigenvalue weighted by Gasteiger charge is -2.16. The largest absolute Gasteiger partial charge is 0.356 e. The summed E-state index contributed by atoms with van der Waals surface area (Å²) in [5.41, 5.74) is 3.78. The molecule has 0 aromatic carbocycles. The van der Waals surface area contributed by atoms with E-state index in [2.05, 4.69) is 9.97 Å². The minimum absolute atomic E-state index is 0.160. The van der Waals surface area contributed by atoms with Crippen molar-refractivity contribution in [3.05, 3.63) is 52.6 Å². The summed E-state index contributed by atoms with van der Waals surface area (Å²) < 4.78 is 0. The molecule has 2 aromatic heterocycles. The first kappa shape index (κ1) is 13.8. The second kappa shape index (κ2) is 5.57. The minimum atomic E-state index is -0.160. The van der Waals surface area contributed by atoms with Crippen LogP contribution in [0.5, 0.6) is 0 Å². The molecule has 0 atom stereocenters. The zero-order valence-corrected chi connectivity index (χ0v) is 11.8. The molecule has 0 unspecified atom stereocenters. The fourth-order valence-corrected chi connectivity index (χ4v) is 2.11. The lowest BCUT2D eigenvalue weighted by atomic mass is 10.2. The van der Waals surface area contributed by atoms with Crippen molar-refractivity contribution in [2.75, 3.05) is 7.05 Å². The van der Waals surface area contributed by atoms with Crippen molar-refractivity contribution in [1.29, 1.82) is 5.26 Å². The van der Waals surface area contributed by atoms with Gasteiger partial charge < -0.3 is 9.88 Å². The number of rotatable bonds is 3. The van der Waals surface area contributed by atoms with E-state index >= 15 is 0 Å². The van der Waals surface area contributed by atoms with Gasteiger partial charge in [-0.2, -0.15) is 5.26 Å². The molecule has 0 radical (unpaired) electrons. The van der Waals surface area contributed by atoms with E-state index in [-0.39, 0.29) is 5.91 Å². The Hall–Kier alpha value is -2.61. The summed E-state index contributed by atoms with van der Waals surface area (Å²) in [5.74, 6) is -0.160. The number of hydrogen-bond acceptors (Lipinski definition) is 3. The van der Waals surface area contributed by atoms with Gasteiger partial charge in [-0.3, -0.25) is 9.78 Å². The van der Waals surface area contributed by atoms with Crippen molar-refractivity contribution >= 4 is 5.91 Å². The van der Waals surface area contributed by atoms with E-state index in [1.54, 1.807) is 18.0 Å². The maximum atomic E-state index is 12.2. The number of carbonyl (C=O) groups excluding carboxylic acids is 1. The highest BCUT2D eigenvalue weighted by atomic mass is 16.2. The molecule has 1 N–H and O–H groups in total. The molecule has 0 saturated heterocycles. The van der Waals surface area contributed by atoms with Crippen molar-refractivity contribution < 1.29 is 4.79 Å². The van der Waals surface area contributed by atoms with Crippen LogP contribution in [0.25, 0.3) is 0 Å². The first-order chi connectivity index (χ1) is 9.49. The van der Waals surface area contributed by atoms with Crippen LogP contribution in [0.4, 0.5) is 0 Å². The van der Waals surface area contributed by atoms with Gasteiger partial charge in [0.1, 0.15) is 11.8 Å². The van der Waals surface area contributed by atoms with Crippen LogP contribution in [0.15, 0.2) is 24.4 Å². The second-order valence-corrected chi connectivity index (χ2v) is 4.85. The van der Waals surface area contributed by atoms with Crippen LogP contribution < -0.4 is 0 Å². The Balaban J connectivity index is 2.13. The van der Waals surface area contributed by atoms with Crippen LogP contribution in [0.2, 0.25) is 0 Å². The molecule has 5 heteroatoms. The molecule has 102 valence electrons. The first-order valence-electron chi connectivity index (χ1n) is 6.27. The molecule has 2 heterocycles. The molecule has 0 aliphatic rings. The molecule has 0 fully saturated rings. The molecule has 2 rings (SSSR count). The fourth-order valence-electron chi connectivity index (χ4n) is 2.11. The highest BCUT2D eigenvalue weighted by Gasteiger charge is 2.14. The Kier molecular flexibility index (Phi) is 3.85. The molecule has 0 spiro atoms. The third-order valence-corrected chi connectivity index (χ3v) is 2.94. The summed E-state index contributed by atoms with van der Waals surface area (Å²) in [6.07, 6.45) is 1.52. The fraction of sp³-hybridized carbons (Fsp3) is 0.267. The van der Waals surface area contributed by atoms with Gasteiger partial charge in [-0.15, -0.1) is 0 Å². The maximum Gasteiger partial charge on any atom is 0.270 e. The highest BCUT2D eigenvalue weighted by molar-refractivity contribution is 5.92. The molecule has 20 heavy (non-hydrogen) atoms. The summed E-state index contributed by atoms with van der Waals surface area (Å²) in [4.78, 5) is 21.0. The predicted octanol–water partition coefficient (Wildman–Crippen LogP) is 2.17. The zero-order valence-electron chi connectivity index (χ0n) is 11.8.